The van der Waals surface area contributed by atoms with Crippen molar-refractivity contribution in [1.29, 1.82) is 0 Å². The molecular weight excluding hydrogens is 337 g/mol. The summed E-state index contributed by atoms with van der Waals surface area (Å²) < 4.78 is 27.8. The highest BCUT2D eigenvalue weighted by Gasteiger charge is 2.23. The SMILES string of the molecule is CCCCCCOC(=O)c1c(Cl)ccc(S(N)(=O)=O)c1Cl. The van der Waals surface area contributed by atoms with E-state index in [4.69, 9.17) is 33.1 Å². The Morgan fingerprint density at radius 2 is 1.90 bits per heavy atom. The van der Waals surface area contributed by atoms with Gasteiger partial charge in [-0.2, -0.15) is 0 Å². The van der Waals surface area contributed by atoms with Gasteiger partial charge in [0.15, 0.2) is 0 Å². The predicted molar refractivity (Wildman–Crippen MR) is 82.3 cm³/mol. The van der Waals surface area contributed by atoms with Crippen molar-refractivity contribution in [3.63, 3.8) is 0 Å². The summed E-state index contributed by atoms with van der Waals surface area (Å²) in [5.74, 6) is -0.757. The number of ether oxygens (including phenoxy) is 1. The zero-order valence-corrected chi connectivity index (χ0v) is 13.9. The standard InChI is InChI=1S/C13H17Cl2NO4S/c1-2-3-4-5-8-20-13(17)11-9(14)6-7-10(12(11)15)21(16,18)19/h6-7H,2-5,8H2,1H3,(H2,16,18,19). The van der Waals surface area contributed by atoms with Crippen LogP contribution in [-0.2, 0) is 14.8 Å². The Morgan fingerprint density at radius 3 is 2.48 bits per heavy atom. The number of rotatable bonds is 7. The van der Waals surface area contributed by atoms with E-state index in [2.05, 4.69) is 6.92 Å². The number of unbranched alkanes of at least 4 members (excludes halogenated alkanes) is 3. The molecule has 1 aromatic rings. The smallest absolute Gasteiger partial charge is 0.341 e. The molecule has 118 valence electrons. The third kappa shape index (κ3) is 5.14. The largest absolute Gasteiger partial charge is 0.462 e. The van der Waals surface area contributed by atoms with Gasteiger partial charge < -0.3 is 4.74 Å². The molecular formula is C13H17Cl2NO4S. The summed E-state index contributed by atoms with van der Waals surface area (Å²) >= 11 is 11.8. The number of primary sulfonamides is 1. The second-order valence-corrected chi connectivity index (χ2v) is 6.79. The molecule has 21 heavy (non-hydrogen) atoms. The average molecular weight is 354 g/mol. The van der Waals surface area contributed by atoms with Gasteiger partial charge in [-0.3, -0.25) is 0 Å². The van der Waals surface area contributed by atoms with Gasteiger partial charge in [0.25, 0.3) is 0 Å². The van der Waals surface area contributed by atoms with Gasteiger partial charge in [-0.25, -0.2) is 18.4 Å². The molecule has 0 saturated heterocycles. The first-order valence-corrected chi connectivity index (χ1v) is 8.77. The predicted octanol–water partition coefficient (Wildman–Crippen LogP) is 3.38. The maximum absolute atomic E-state index is 12.0. The van der Waals surface area contributed by atoms with E-state index in [-0.39, 0.29) is 27.1 Å². The van der Waals surface area contributed by atoms with Gasteiger partial charge in [0.05, 0.1) is 22.2 Å². The lowest BCUT2D eigenvalue weighted by atomic mass is 10.2. The van der Waals surface area contributed by atoms with E-state index in [1.807, 2.05) is 0 Å². The third-order valence-corrected chi connectivity index (χ3v) is 4.57. The summed E-state index contributed by atoms with van der Waals surface area (Å²) in [4.78, 5) is 11.6. The fourth-order valence-corrected chi connectivity index (χ4v) is 3.16. The van der Waals surface area contributed by atoms with Gasteiger partial charge in [-0.15, -0.1) is 0 Å². The molecule has 0 heterocycles. The molecule has 0 fully saturated rings. The van der Waals surface area contributed by atoms with E-state index in [0.29, 0.717) is 0 Å². The van der Waals surface area contributed by atoms with Crippen LogP contribution in [0.2, 0.25) is 10.0 Å². The summed E-state index contributed by atoms with van der Waals surface area (Å²) in [6.45, 7) is 2.30. The minimum atomic E-state index is -4.04. The van der Waals surface area contributed by atoms with Crippen LogP contribution in [0, 0.1) is 0 Å². The second kappa shape index (κ2) is 7.98. The Kier molecular flexibility index (Phi) is 6.93. The van der Waals surface area contributed by atoms with Crippen LogP contribution in [-0.4, -0.2) is 21.0 Å². The Hall–Kier alpha value is -0.820. The van der Waals surface area contributed by atoms with Crippen molar-refractivity contribution in [2.24, 2.45) is 5.14 Å². The number of halogens is 2. The van der Waals surface area contributed by atoms with E-state index < -0.39 is 16.0 Å². The summed E-state index contributed by atoms with van der Waals surface area (Å²) in [5, 5.41) is 4.73. The highest BCUT2D eigenvalue weighted by Crippen LogP contribution is 2.31. The Balaban J connectivity index is 2.89. The minimum Gasteiger partial charge on any atom is -0.462 e. The van der Waals surface area contributed by atoms with Crippen LogP contribution in [0.3, 0.4) is 0 Å². The van der Waals surface area contributed by atoms with Gasteiger partial charge in [0.2, 0.25) is 10.0 Å². The Bertz CT molecular complexity index is 617. The molecule has 0 aliphatic rings. The van der Waals surface area contributed by atoms with Crippen LogP contribution in [0.4, 0.5) is 0 Å². The molecule has 8 heteroatoms. The molecule has 5 nitrogen and oxygen atoms in total. The number of carbonyl (C=O) groups is 1. The summed E-state index contributed by atoms with van der Waals surface area (Å²) in [6.07, 6.45) is 3.80. The monoisotopic (exact) mass is 353 g/mol. The molecule has 0 aliphatic heterocycles. The average Bonchev–Trinajstić information content (AvgIpc) is 2.37. The van der Waals surface area contributed by atoms with Gasteiger partial charge >= 0.3 is 5.97 Å². The normalized spacial score (nSPS) is 11.4. The molecule has 0 radical (unpaired) electrons. The van der Waals surface area contributed by atoms with Crippen LogP contribution in [0.1, 0.15) is 43.0 Å². The number of nitrogens with two attached hydrogens (primary N) is 1. The number of sulfonamides is 1. The first-order chi connectivity index (χ1) is 9.79. The molecule has 2 N–H and O–H groups in total. The lowest BCUT2D eigenvalue weighted by Gasteiger charge is -2.10. The van der Waals surface area contributed by atoms with Gasteiger partial charge in [-0.05, 0) is 18.6 Å². The van der Waals surface area contributed by atoms with Gasteiger partial charge in [0.1, 0.15) is 4.90 Å². The van der Waals surface area contributed by atoms with Gasteiger partial charge in [-0.1, -0.05) is 49.4 Å². The van der Waals surface area contributed by atoms with E-state index >= 15 is 0 Å². The summed E-state index contributed by atoms with van der Waals surface area (Å²) in [7, 11) is -4.04. The van der Waals surface area contributed by atoms with E-state index in [1.165, 1.54) is 6.07 Å². The number of hydrogen-bond donors (Lipinski definition) is 1. The molecule has 0 atom stereocenters. The Morgan fingerprint density at radius 1 is 1.24 bits per heavy atom. The van der Waals surface area contributed by atoms with Crippen molar-refractivity contribution in [3.05, 3.63) is 27.7 Å². The molecule has 0 saturated carbocycles. The van der Waals surface area contributed by atoms with Crippen molar-refractivity contribution >= 4 is 39.2 Å². The summed E-state index contributed by atoms with van der Waals surface area (Å²) in [6, 6.07) is 2.40. The van der Waals surface area contributed by atoms with Crippen LogP contribution in [0.25, 0.3) is 0 Å². The molecule has 0 unspecified atom stereocenters. The Labute approximate surface area is 134 Å². The third-order valence-electron chi connectivity index (χ3n) is 2.80. The molecule has 0 spiro atoms. The van der Waals surface area contributed by atoms with Crippen LogP contribution >= 0.6 is 23.2 Å². The van der Waals surface area contributed by atoms with Crippen LogP contribution in [0.5, 0.6) is 0 Å². The van der Waals surface area contributed by atoms with Crippen molar-refractivity contribution < 1.29 is 17.9 Å². The van der Waals surface area contributed by atoms with E-state index in [1.54, 1.807) is 0 Å². The fraction of sp³-hybridized carbons (Fsp3) is 0.462. The highest BCUT2D eigenvalue weighted by molar-refractivity contribution is 7.89. The maximum atomic E-state index is 12.0. The fourth-order valence-electron chi connectivity index (χ4n) is 1.71. The van der Waals surface area contributed by atoms with Crippen molar-refractivity contribution in [1.82, 2.24) is 0 Å². The number of benzene rings is 1. The first-order valence-electron chi connectivity index (χ1n) is 6.47. The van der Waals surface area contributed by atoms with Gasteiger partial charge in [0, 0.05) is 0 Å². The van der Waals surface area contributed by atoms with Crippen molar-refractivity contribution in [3.8, 4) is 0 Å². The number of esters is 1. The zero-order chi connectivity index (χ0) is 16.0. The molecule has 1 rings (SSSR count). The highest BCUT2D eigenvalue weighted by atomic mass is 35.5. The summed E-state index contributed by atoms with van der Waals surface area (Å²) in [5.41, 5.74) is -0.180. The molecule has 1 aromatic carbocycles. The quantitative estimate of drug-likeness (QED) is 0.601. The van der Waals surface area contributed by atoms with Crippen molar-refractivity contribution in [2.45, 2.75) is 37.5 Å². The minimum absolute atomic E-state index is 0.0194. The second-order valence-electron chi connectivity index (χ2n) is 4.48. The number of hydrogen-bond acceptors (Lipinski definition) is 4. The van der Waals surface area contributed by atoms with Crippen LogP contribution < -0.4 is 5.14 Å². The van der Waals surface area contributed by atoms with Crippen molar-refractivity contribution in [2.75, 3.05) is 6.61 Å². The lowest BCUT2D eigenvalue weighted by molar-refractivity contribution is 0.0498. The molecule has 0 bridgehead atoms. The van der Waals surface area contributed by atoms with E-state index in [0.717, 1.165) is 31.7 Å². The van der Waals surface area contributed by atoms with Crippen LogP contribution in [0.15, 0.2) is 17.0 Å². The van der Waals surface area contributed by atoms with E-state index in [9.17, 15) is 13.2 Å². The zero-order valence-electron chi connectivity index (χ0n) is 11.6. The first kappa shape index (κ1) is 18.2. The maximum Gasteiger partial charge on any atom is 0.341 e. The molecule has 0 aromatic heterocycles. The topological polar surface area (TPSA) is 86.5 Å². The molecule has 0 aliphatic carbocycles. The molecule has 0 amide bonds. The lowest BCUT2D eigenvalue weighted by Crippen LogP contribution is -2.15. The number of carbonyl (C=O) groups excluding carboxylic acids is 1.